The van der Waals surface area contributed by atoms with Gasteiger partial charge < -0.3 is 5.73 Å². The maximum absolute atomic E-state index is 10.2. The molecular weight excluding hydrogens is 148 g/mol. The van der Waals surface area contributed by atoms with Crippen LogP contribution in [-0.4, -0.2) is 16.9 Å². The molecule has 0 saturated heterocycles. The molecule has 0 fully saturated rings. The quantitative estimate of drug-likeness (QED) is 0.463. The molecule has 0 spiro atoms. The van der Waals surface area contributed by atoms with Crippen LogP contribution in [0.2, 0.25) is 0 Å². The van der Waals surface area contributed by atoms with E-state index in [1.807, 2.05) is 0 Å². The summed E-state index contributed by atoms with van der Waals surface area (Å²) in [6.07, 6.45) is 0.790. The third-order valence-electron chi connectivity index (χ3n) is 1.49. The summed E-state index contributed by atoms with van der Waals surface area (Å²) in [6, 6.07) is -0.623. The maximum atomic E-state index is 10.2. The van der Waals surface area contributed by atoms with Gasteiger partial charge in [-0.15, -0.1) is 0 Å². The zero-order valence-corrected chi connectivity index (χ0v) is 6.45. The number of nitrogens with two attached hydrogens (primary N) is 1. The monoisotopic (exact) mass is 160 g/mol. The van der Waals surface area contributed by atoms with E-state index in [4.69, 9.17) is 5.73 Å². The smallest absolute Gasteiger partial charge is 0.217 e. The number of carbonyl (C=O) groups excluding carboxylic acids is 1. The summed E-state index contributed by atoms with van der Waals surface area (Å²) in [5, 5.41) is 10.2. The van der Waals surface area contributed by atoms with Gasteiger partial charge in [-0.05, 0) is 0 Å². The Labute approximate surface area is 64.7 Å². The lowest BCUT2D eigenvalue weighted by molar-refractivity contribution is -0.523. The number of nitrogens with zero attached hydrogens (tertiary/aromatic N) is 1. The van der Waals surface area contributed by atoms with Crippen LogP contribution in [0.4, 0.5) is 0 Å². The number of carbonyl (C=O) groups is 1. The first kappa shape index (κ1) is 9.87. The molecule has 1 amide bonds. The highest BCUT2D eigenvalue weighted by molar-refractivity contribution is 5.73. The van der Waals surface area contributed by atoms with Crippen LogP contribution in [0.5, 0.6) is 0 Å². The Kier molecular flexibility index (Phi) is 4.17. The van der Waals surface area contributed by atoms with Crippen molar-refractivity contribution in [3.63, 3.8) is 0 Å². The SMILES string of the molecule is CCC(CCC(N)=O)[N+](=O)[O-]. The molecule has 0 aromatic rings. The second-order valence-corrected chi connectivity index (χ2v) is 2.35. The van der Waals surface area contributed by atoms with Gasteiger partial charge in [0, 0.05) is 24.2 Å². The van der Waals surface area contributed by atoms with Crippen LogP contribution in [0, 0.1) is 10.1 Å². The predicted molar refractivity (Wildman–Crippen MR) is 39.5 cm³/mol. The van der Waals surface area contributed by atoms with Gasteiger partial charge in [0.05, 0.1) is 0 Å². The fourth-order valence-electron chi connectivity index (χ4n) is 0.767. The molecule has 5 heteroatoms. The molecule has 0 aliphatic rings. The molecule has 1 unspecified atom stereocenters. The van der Waals surface area contributed by atoms with Crippen molar-refractivity contribution < 1.29 is 9.72 Å². The lowest BCUT2D eigenvalue weighted by Gasteiger charge is -2.03. The van der Waals surface area contributed by atoms with Crippen molar-refractivity contribution in [3.05, 3.63) is 10.1 Å². The lowest BCUT2D eigenvalue weighted by Crippen LogP contribution is -2.21. The topological polar surface area (TPSA) is 86.2 Å². The second kappa shape index (κ2) is 4.65. The Balaban J connectivity index is 3.70. The van der Waals surface area contributed by atoms with Gasteiger partial charge in [0.1, 0.15) is 0 Å². The Morgan fingerprint density at radius 1 is 1.73 bits per heavy atom. The minimum Gasteiger partial charge on any atom is -0.370 e. The van der Waals surface area contributed by atoms with E-state index in [0.717, 1.165) is 0 Å². The minimum absolute atomic E-state index is 0.0967. The fraction of sp³-hybridized carbons (Fsp3) is 0.833. The van der Waals surface area contributed by atoms with Crippen LogP contribution in [-0.2, 0) is 4.79 Å². The first-order chi connectivity index (χ1) is 5.07. The van der Waals surface area contributed by atoms with Gasteiger partial charge in [-0.25, -0.2) is 0 Å². The highest BCUT2D eigenvalue weighted by atomic mass is 16.6. The molecule has 64 valence electrons. The third kappa shape index (κ3) is 4.30. The Morgan fingerprint density at radius 2 is 2.27 bits per heavy atom. The van der Waals surface area contributed by atoms with Crippen molar-refractivity contribution in [2.45, 2.75) is 32.2 Å². The molecule has 2 N–H and O–H groups in total. The van der Waals surface area contributed by atoms with Crippen molar-refractivity contribution in [1.82, 2.24) is 0 Å². The molecule has 0 heterocycles. The highest BCUT2D eigenvalue weighted by Gasteiger charge is 2.17. The zero-order chi connectivity index (χ0) is 8.85. The van der Waals surface area contributed by atoms with E-state index in [1.54, 1.807) is 6.92 Å². The van der Waals surface area contributed by atoms with Gasteiger partial charge in [-0.2, -0.15) is 0 Å². The molecule has 0 aliphatic heterocycles. The fourth-order valence-corrected chi connectivity index (χ4v) is 0.767. The molecule has 0 saturated carbocycles. The van der Waals surface area contributed by atoms with Crippen molar-refractivity contribution in [3.8, 4) is 0 Å². The molecule has 0 aromatic carbocycles. The molecule has 0 aromatic heterocycles. The van der Waals surface area contributed by atoms with E-state index in [2.05, 4.69) is 0 Å². The zero-order valence-electron chi connectivity index (χ0n) is 6.45. The van der Waals surface area contributed by atoms with Crippen molar-refractivity contribution in [2.75, 3.05) is 0 Å². The second-order valence-electron chi connectivity index (χ2n) is 2.35. The first-order valence-corrected chi connectivity index (χ1v) is 3.49. The van der Waals surface area contributed by atoms with Crippen LogP contribution in [0.1, 0.15) is 26.2 Å². The van der Waals surface area contributed by atoms with Gasteiger partial charge in [-0.3, -0.25) is 14.9 Å². The molecule has 0 bridgehead atoms. The Morgan fingerprint density at radius 3 is 2.55 bits per heavy atom. The number of nitro groups is 1. The van der Waals surface area contributed by atoms with E-state index in [-0.39, 0.29) is 17.8 Å². The summed E-state index contributed by atoms with van der Waals surface area (Å²) in [6.45, 7) is 1.72. The number of amides is 1. The normalized spacial score (nSPS) is 12.5. The predicted octanol–water partition coefficient (Wildman–Crippen LogP) is 0.307. The molecule has 0 rings (SSSR count). The molecule has 0 aliphatic carbocycles. The number of rotatable bonds is 5. The minimum atomic E-state index is -0.623. The van der Waals surface area contributed by atoms with E-state index < -0.39 is 11.9 Å². The summed E-state index contributed by atoms with van der Waals surface area (Å²) in [4.78, 5) is 20.1. The standard InChI is InChI=1S/C6H12N2O3/c1-2-5(8(10)11)3-4-6(7)9/h5H,2-4H2,1H3,(H2,7,9). The third-order valence-corrected chi connectivity index (χ3v) is 1.49. The van der Waals surface area contributed by atoms with Crippen LogP contribution in [0.3, 0.4) is 0 Å². The summed E-state index contributed by atoms with van der Waals surface area (Å²) in [7, 11) is 0. The average molecular weight is 160 g/mol. The average Bonchev–Trinajstić information content (AvgIpc) is 1.87. The van der Waals surface area contributed by atoms with E-state index in [1.165, 1.54) is 0 Å². The van der Waals surface area contributed by atoms with E-state index >= 15 is 0 Å². The van der Waals surface area contributed by atoms with Gasteiger partial charge in [-0.1, -0.05) is 6.92 Å². The van der Waals surface area contributed by atoms with Gasteiger partial charge in [0.15, 0.2) is 0 Å². The van der Waals surface area contributed by atoms with Crippen molar-refractivity contribution >= 4 is 5.91 Å². The first-order valence-electron chi connectivity index (χ1n) is 3.49. The van der Waals surface area contributed by atoms with Crippen LogP contribution in [0.15, 0.2) is 0 Å². The summed E-state index contributed by atoms with van der Waals surface area (Å²) in [5.74, 6) is -0.481. The van der Waals surface area contributed by atoms with Gasteiger partial charge >= 0.3 is 0 Å². The van der Waals surface area contributed by atoms with Gasteiger partial charge in [0.25, 0.3) is 0 Å². The molecule has 1 atom stereocenters. The van der Waals surface area contributed by atoms with E-state index in [9.17, 15) is 14.9 Å². The van der Waals surface area contributed by atoms with Gasteiger partial charge in [0.2, 0.25) is 11.9 Å². The molecular formula is C6H12N2O3. The van der Waals surface area contributed by atoms with Crippen LogP contribution >= 0.6 is 0 Å². The van der Waals surface area contributed by atoms with Crippen molar-refractivity contribution in [2.24, 2.45) is 5.73 Å². The molecule has 0 radical (unpaired) electrons. The summed E-state index contributed by atoms with van der Waals surface area (Å²) < 4.78 is 0. The molecule has 5 nitrogen and oxygen atoms in total. The maximum Gasteiger partial charge on any atom is 0.217 e. The Hall–Kier alpha value is -1.13. The van der Waals surface area contributed by atoms with Crippen LogP contribution < -0.4 is 5.73 Å². The highest BCUT2D eigenvalue weighted by Crippen LogP contribution is 2.04. The number of primary amides is 1. The van der Waals surface area contributed by atoms with E-state index in [0.29, 0.717) is 6.42 Å². The number of hydrogen-bond donors (Lipinski definition) is 1. The van der Waals surface area contributed by atoms with Crippen LogP contribution in [0.25, 0.3) is 0 Å². The summed E-state index contributed by atoms with van der Waals surface area (Å²) >= 11 is 0. The van der Waals surface area contributed by atoms with Crippen molar-refractivity contribution in [1.29, 1.82) is 0 Å². The Bertz CT molecular complexity index is 158. The largest absolute Gasteiger partial charge is 0.370 e. The summed E-state index contributed by atoms with van der Waals surface area (Å²) in [5.41, 5.74) is 4.83. The lowest BCUT2D eigenvalue weighted by atomic mass is 10.1. The number of hydrogen-bond acceptors (Lipinski definition) is 3. The molecule has 11 heavy (non-hydrogen) atoms.